The SMILES string of the molecule is O=C(Nc1ccc(Br)cc1)c1sccc1S(=O)(=O)Cc1c(Cl)cccc1Cl. The van der Waals surface area contributed by atoms with Crippen molar-refractivity contribution in [2.24, 2.45) is 0 Å². The Kier molecular flexibility index (Phi) is 6.28. The van der Waals surface area contributed by atoms with E-state index in [0.29, 0.717) is 11.3 Å². The fourth-order valence-corrected chi connectivity index (χ4v) is 6.11. The third-order valence-electron chi connectivity index (χ3n) is 3.67. The molecular formula is C18H12BrCl2NO3S2. The van der Waals surface area contributed by atoms with Gasteiger partial charge in [0, 0.05) is 25.8 Å². The smallest absolute Gasteiger partial charge is 0.267 e. The summed E-state index contributed by atoms with van der Waals surface area (Å²) in [4.78, 5) is 12.7. The molecule has 140 valence electrons. The van der Waals surface area contributed by atoms with E-state index >= 15 is 0 Å². The summed E-state index contributed by atoms with van der Waals surface area (Å²) in [5, 5.41) is 4.80. The van der Waals surface area contributed by atoms with Crippen LogP contribution in [0.2, 0.25) is 10.0 Å². The van der Waals surface area contributed by atoms with E-state index in [1.54, 1.807) is 47.8 Å². The van der Waals surface area contributed by atoms with Crippen molar-refractivity contribution in [1.82, 2.24) is 0 Å². The molecule has 0 saturated heterocycles. The number of benzene rings is 2. The van der Waals surface area contributed by atoms with Gasteiger partial charge in [0.1, 0.15) is 4.88 Å². The molecule has 0 unspecified atom stereocenters. The van der Waals surface area contributed by atoms with Gasteiger partial charge in [0.25, 0.3) is 5.91 Å². The van der Waals surface area contributed by atoms with E-state index in [1.165, 1.54) is 6.07 Å². The van der Waals surface area contributed by atoms with Gasteiger partial charge >= 0.3 is 0 Å². The zero-order chi connectivity index (χ0) is 19.6. The Morgan fingerprint density at radius 3 is 2.30 bits per heavy atom. The van der Waals surface area contributed by atoms with Crippen LogP contribution in [0.3, 0.4) is 0 Å². The summed E-state index contributed by atoms with van der Waals surface area (Å²) in [6, 6.07) is 13.2. The molecule has 0 aliphatic carbocycles. The number of amides is 1. The monoisotopic (exact) mass is 503 g/mol. The fourth-order valence-electron chi connectivity index (χ4n) is 2.37. The molecule has 0 aliphatic rings. The highest BCUT2D eigenvalue weighted by atomic mass is 79.9. The van der Waals surface area contributed by atoms with Gasteiger partial charge in [-0.3, -0.25) is 4.79 Å². The predicted octanol–water partition coefficient (Wildman–Crippen LogP) is 6.04. The Morgan fingerprint density at radius 1 is 1.04 bits per heavy atom. The van der Waals surface area contributed by atoms with Crippen LogP contribution in [-0.2, 0) is 15.6 Å². The molecule has 0 atom stereocenters. The van der Waals surface area contributed by atoms with E-state index in [-0.39, 0.29) is 25.6 Å². The van der Waals surface area contributed by atoms with Crippen molar-refractivity contribution >= 4 is 71.9 Å². The van der Waals surface area contributed by atoms with Gasteiger partial charge in [-0.1, -0.05) is 45.2 Å². The highest BCUT2D eigenvalue weighted by Gasteiger charge is 2.26. The molecule has 0 spiro atoms. The zero-order valence-electron chi connectivity index (χ0n) is 13.6. The minimum absolute atomic E-state index is 0.0434. The number of carbonyl (C=O) groups is 1. The quantitative estimate of drug-likeness (QED) is 0.460. The van der Waals surface area contributed by atoms with Crippen molar-refractivity contribution in [3.8, 4) is 0 Å². The minimum atomic E-state index is -3.82. The minimum Gasteiger partial charge on any atom is -0.321 e. The maximum absolute atomic E-state index is 12.9. The first-order valence-corrected chi connectivity index (χ1v) is 11.7. The highest BCUT2D eigenvalue weighted by molar-refractivity contribution is 9.10. The Hall–Kier alpha value is -1.38. The van der Waals surface area contributed by atoms with Crippen LogP contribution in [0.15, 0.2) is 63.3 Å². The number of halogens is 3. The Balaban J connectivity index is 1.89. The Morgan fingerprint density at radius 2 is 1.67 bits per heavy atom. The van der Waals surface area contributed by atoms with Crippen LogP contribution in [0.25, 0.3) is 0 Å². The molecule has 9 heteroatoms. The van der Waals surface area contributed by atoms with Gasteiger partial charge in [-0.25, -0.2) is 8.42 Å². The van der Waals surface area contributed by atoms with Crippen molar-refractivity contribution in [2.75, 3.05) is 5.32 Å². The van der Waals surface area contributed by atoms with Crippen molar-refractivity contribution in [3.05, 3.63) is 78.9 Å². The second-order valence-corrected chi connectivity index (χ2v) is 10.1. The molecule has 0 bridgehead atoms. The molecule has 1 heterocycles. The molecule has 0 saturated carbocycles. The lowest BCUT2D eigenvalue weighted by molar-refractivity contribution is 0.102. The lowest BCUT2D eigenvalue weighted by Crippen LogP contribution is -2.15. The summed E-state index contributed by atoms with van der Waals surface area (Å²) in [6.45, 7) is 0. The normalized spacial score (nSPS) is 11.4. The molecule has 1 aromatic heterocycles. The van der Waals surface area contributed by atoms with Crippen LogP contribution in [0.1, 0.15) is 15.2 Å². The highest BCUT2D eigenvalue weighted by Crippen LogP contribution is 2.31. The van der Waals surface area contributed by atoms with Gasteiger partial charge in [-0.05, 0) is 47.8 Å². The predicted molar refractivity (Wildman–Crippen MR) is 114 cm³/mol. The number of rotatable bonds is 5. The first kappa shape index (κ1) is 20.4. The van der Waals surface area contributed by atoms with E-state index in [1.807, 2.05) is 0 Å². The van der Waals surface area contributed by atoms with Crippen LogP contribution < -0.4 is 5.32 Å². The van der Waals surface area contributed by atoms with E-state index in [2.05, 4.69) is 21.2 Å². The largest absolute Gasteiger partial charge is 0.321 e. The third kappa shape index (κ3) is 4.73. The molecule has 3 aromatic rings. The van der Waals surface area contributed by atoms with Crippen LogP contribution in [0.4, 0.5) is 5.69 Å². The molecule has 27 heavy (non-hydrogen) atoms. The molecule has 0 fully saturated rings. The maximum atomic E-state index is 12.9. The van der Waals surface area contributed by atoms with Crippen molar-refractivity contribution < 1.29 is 13.2 Å². The summed E-state index contributed by atoms with van der Waals surface area (Å²) < 4.78 is 26.7. The number of thiophene rings is 1. The molecule has 1 amide bonds. The molecule has 2 aromatic carbocycles. The lowest BCUT2D eigenvalue weighted by atomic mass is 10.2. The van der Waals surface area contributed by atoms with Gasteiger partial charge in [-0.2, -0.15) is 0 Å². The van der Waals surface area contributed by atoms with Gasteiger partial charge in [-0.15, -0.1) is 11.3 Å². The summed E-state index contributed by atoms with van der Waals surface area (Å²) in [5.41, 5.74) is 0.875. The second-order valence-electron chi connectivity index (χ2n) is 5.53. The van der Waals surface area contributed by atoms with Crippen LogP contribution in [-0.4, -0.2) is 14.3 Å². The molecule has 3 rings (SSSR count). The Bertz CT molecular complexity index is 1080. The maximum Gasteiger partial charge on any atom is 0.267 e. The van der Waals surface area contributed by atoms with Crippen molar-refractivity contribution in [2.45, 2.75) is 10.6 Å². The number of carbonyl (C=O) groups excluding carboxylic acids is 1. The van der Waals surface area contributed by atoms with E-state index < -0.39 is 15.7 Å². The average molecular weight is 505 g/mol. The first-order valence-electron chi connectivity index (χ1n) is 7.58. The zero-order valence-corrected chi connectivity index (χ0v) is 18.3. The first-order chi connectivity index (χ1) is 12.8. The summed E-state index contributed by atoms with van der Waals surface area (Å²) in [6.07, 6.45) is 0. The van der Waals surface area contributed by atoms with Gasteiger partial charge in [0.15, 0.2) is 9.84 Å². The number of nitrogens with one attached hydrogen (secondary N) is 1. The van der Waals surface area contributed by atoms with Gasteiger partial charge < -0.3 is 5.32 Å². The number of anilines is 1. The van der Waals surface area contributed by atoms with Crippen LogP contribution >= 0.6 is 50.5 Å². The van der Waals surface area contributed by atoms with Crippen LogP contribution in [0, 0.1) is 0 Å². The van der Waals surface area contributed by atoms with Crippen LogP contribution in [0.5, 0.6) is 0 Å². The second kappa shape index (κ2) is 8.32. The molecular weight excluding hydrogens is 493 g/mol. The number of sulfone groups is 1. The molecule has 1 N–H and O–H groups in total. The van der Waals surface area contributed by atoms with Gasteiger partial charge in [0.05, 0.1) is 10.6 Å². The van der Waals surface area contributed by atoms with E-state index in [9.17, 15) is 13.2 Å². The molecule has 4 nitrogen and oxygen atoms in total. The van der Waals surface area contributed by atoms with Crippen molar-refractivity contribution in [1.29, 1.82) is 0 Å². The molecule has 0 radical (unpaired) electrons. The summed E-state index contributed by atoms with van der Waals surface area (Å²) in [5.74, 6) is -0.878. The average Bonchev–Trinajstić information content (AvgIpc) is 3.11. The summed E-state index contributed by atoms with van der Waals surface area (Å²) >= 11 is 16.6. The standard InChI is InChI=1S/C18H12BrCl2NO3S2/c19-11-4-6-12(7-5-11)22-18(23)17-16(8-9-26-17)27(24,25)10-13-14(20)2-1-3-15(13)21/h1-9H,10H2,(H,22,23). The third-order valence-corrected chi connectivity index (χ3v) is 7.63. The summed E-state index contributed by atoms with van der Waals surface area (Å²) in [7, 11) is -3.82. The van der Waals surface area contributed by atoms with Crippen molar-refractivity contribution in [3.63, 3.8) is 0 Å². The van der Waals surface area contributed by atoms with E-state index in [0.717, 1.165) is 15.8 Å². The molecule has 0 aliphatic heterocycles. The number of hydrogen-bond acceptors (Lipinski definition) is 4. The van der Waals surface area contributed by atoms with Gasteiger partial charge in [0.2, 0.25) is 0 Å². The van der Waals surface area contributed by atoms with E-state index in [4.69, 9.17) is 23.2 Å². The topological polar surface area (TPSA) is 63.2 Å². The Labute approximate surface area is 179 Å². The number of hydrogen-bond donors (Lipinski definition) is 1. The fraction of sp³-hybridized carbons (Fsp3) is 0.0556. The lowest BCUT2D eigenvalue weighted by Gasteiger charge is -2.10.